The third kappa shape index (κ3) is 2.46. The third-order valence-corrected chi connectivity index (χ3v) is 3.85. The van der Waals surface area contributed by atoms with Crippen molar-refractivity contribution in [1.29, 1.82) is 0 Å². The van der Waals surface area contributed by atoms with Crippen LogP contribution in [0, 0.1) is 0 Å². The van der Waals surface area contributed by atoms with E-state index in [9.17, 15) is 4.79 Å². The maximum Gasteiger partial charge on any atom is 0.258 e. The van der Waals surface area contributed by atoms with Crippen LogP contribution in [0.15, 0.2) is 24.3 Å². The van der Waals surface area contributed by atoms with Gasteiger partial charge in [0.2, 0.25) is 0 Å². The predicted octanol–water partition coefficient (Wildman–Crippen LogP) is 3.87. The largest absolute Gasteiger partial charge is 0.362 e. The molecule has 1 aliphatic rings. The van der Waals surface area contributed by atoms with Gasteiger partial charge in [0.15, 0.2) is 0 Å². The van der Waals surface area contributed by atoms with Gasteiger partial charge in [-0.2, -0.15) is 0 Å². The Hall–Kier alpha value is -1.51. The molecule has 0 fully saturated rings. The quantitative estimate of drug-likeness (QED) is 0.891. The molecule has 1 unspecified atom stereocenters. The van der Waals surface area contributed by atoms with Gasteiger partial charge in [-0.3, -0.25) is 4.79 Å². The zero-order chi connectivity index (χ0) is 14.0. The number of para-hydroxylation sites is 1. The van der Waals surface area contributed by atoms with Crippen LogP contribution in [0.5, 0.6) is 0 Å². The number of nitrogens with one attached hydrogen (secondary N) is 1. The summed E-state index contributed by atoms with van der Waals surface area (Å²) in [7, 11) is 0. The molecule has 1 N–H and O–H groups in total. The smallest absolute Gasteiger partial charge is 0.258 e. The summed E-state index contributed by atoms with van der Waals surface area (Å²) in [5, 5.41) is 3.58. The minimum atomic E-state index is -0.282. The van der Waals surface area contributed by atoms with Gasteiger partial charge in [0.05, 0.1) is 5.56 Å². The molecule has 0 saturated carbocycles. The number of carbonyl (C=O) groups is 1. The average Bonchev–Trinajstić information content (AvgIpc) is 2.36. The van der Waals surface area contributed by atoms with E-state index < -0.39 is 0 Å². The maximum atomic E-state index is 12.7. The number of hydrogen-bond donors (Lipinski definition) is 1. The molecule has 0 spiro atoms. The predicted molar refractivity (Wildman–Crippen MR) is 79.3 cm³/mol. The van der Waals surface area contributed by atoms with E-state index in [4.69, 9.17) is 0 Å². The van der Waals surface area contributed by atoms with Crippen molar-refractivity contribution in [2.45, 2.75) is 58.7 Å². The summed E-state index contributed by atoms with van der Waals surface area (Å²) in [5.74, 6) is 0.142. The average molecular weight is 260 g/mol. The summed E-state index contributed by atoms with van der Waals surface area (Å²) in [4.78, 5) is 14.7. The second kappa shape index (κ2) is 5.24. The van der Waals surface area contributed by atoms with Gasteiger partial charge in [-0.25, -0.2) is 0 Å². The molecule has 1 aromatic rings. The summed E-state index contributed by atoms with van der Waals surface area (Å²) >= 11 is 0. The molecule has 19 heavy (non-hydrogen) atoms. The Morgan fingerprint density at radius 2 is 2.00 bits per heavy atom. The number of hydrogen-bond acceptors (Lipinski definition) is 2. The van der Waals surface area contributed by atoms with Gasteiger partial charge in [0.25, 0.3) is 5.91 Å². The lowest BCUT2D eigenvalue weighted by atomic mass is 9.94. The van der Waals surface area contributed by atoms with Crippen LogP contribution in [-0.2, 0) is 0 Å². The number of fused-ring (bicyclic) bond motifs is 1. The van der Waals surface area contributed by atoms with Gasteiger partial charge >= 0.3 is 0 Å². The van der Waals surface area contributed by atoms with Gasteiger partial charge in [-0.1, -0.05) is 25.5 Å². The van der Waals surface area contributed by atoms with E-state index in [0.717, 1.165) is 30.5 Å². The summed E-state index contributed by atoms with van der Waals surface area (Å²) in [5.41, 5.74) is 1.46. The van der Waals surface area contributed by atoms with E-state index in [-0.39, 0.29) is 17.6 Å². The first-order valence-electron chi connectivity index (χ1n) is 7.20. The van der Waals surface area contributed by atoms with E-state index in [1.807, 2.05) is 29.2 Å². The van der Waals surface area contributed by atoms with Crippen molar-refractivity contribution in [1.82, 2.24) is 4.90 Å². The van der Waals surface area contributed by atoms with Gasteiger partial charge in [0.1, 0.15) is 5.66 Å². The van der Waals surface area contributed by atoms with Crippen molar-refractivity contribution >= 4 is 11.6 Å². The molecule has 1 amide bonds. The van der Waals surface area contributed by atoms with E-state index in [2.05, 4.69) is 33.0 Å². The SMILES string of the molecule is CCCCC1(C)Nc2ccccc2C(=O)N1C(C)C. The van der Waals surface area contributed by atoms with E-state index in [1.54, 1.807) is 0 Å². The van der Waals surface area contributed by atoms with Crippen LogP contribution in [0.1, 0.15) is 57.3 Å². The molecule has 104 valence electrons. The Morgan fingerprint density at radius 1 is 1.32 bits per heavy atom. The highest BCUT2D eigenvalue weighted by Gasteiger charge is 2.41. The molecule has 0 bridgehead atoms. The third-order valence-electron chi connectivity index (χ3n) is 3.85. The molecule has 0 radical (unpaired) electrons. The Bertz CT molecular complexity index is 470. The van der Waals surface area contributed by atoms with E-state index >= 15 is 0 Å². The zero-order valence-electron chi connectivity index (χ0n) is 12.4. The number of carbonyl (C=O) groups excluding carboxylic acids is 1. The van der Waals surface area contributed by atoms with Crippen LogP contribution in [0.3, 0.4) is 0 Å². The molecule has 0 aromatic heterocycles. The van der Waals surface area contributed by atoms with Crippen LogP contribution in [0.25, 0.3) is 0 Å². The highest BCUT2D eigenvalue weighted by atomic mass is 16.2. The number of nitrogens with zero attached hydrogens (tertiary/aromatic N) is 1. The summed E-state index contributed by atoms with van der Waals surface area (Å²) in [6.45, 7) is 8.48. The molecular weight excluding hydrogens is 236 g/mol. The fourth-order valence-corrected chi connectivity index (χ4v) is 2.99. The maximum absolute atomic E-state index is 12.7. The van der Waals surface area contributed by atoms with Crippen LogP contribution in [-0.4, -0.2) is 22.5 Å². The topological polar surface area (TPSA) is 32.3 Å². The molecular formula is C16H24N2O. The zero-order valence-corrected chi connectivity index (χ0v) is 12.4. The number of anilines is 1. The molecule has 0 aliphatic carbocycles. The lowest BCUT2D eigenvalue weighted by Crippen LogP contribution is -2.60. The molecule has 1 aromatic carbocycles. The van der Waals surface area contributed by atoms with Crippen molar-refractivity contribution in [3.8, 4) is 0 Å². The highest BCUT2D eigenvalue weighted by molar-refractivity contribution is 6.02. The molecule has 1 aliphatic heterocycles. The summed E-state index contributed by atoms with van der Waals surface area (Å²) < 4.78 is 0. The van der Waals surface area contributed by atoms with E-state index in [0.29, 0.717) is 0 Å². The first kappa shape index (κ1) is 13.9. The molecule has 3 nitrogen and oxygen atoms in total. The number of benzene rings is 1. The second-order valence-corrected chi connectivity index (χ2v) is 5.82. The van der Waals surface area contributed by atoms with Gasteiger partial charge in [0, 0.05) is 11.7 Å². The Balaban J connectivity index is 2.42. The Kier molecular flexibility index (Phi) is 3.83. The molecule has 3 heteroatoms. The number of unbranched alkanes of at least 4 members (excludes halogenated alkanes) is 1. The fourth-order valence-electron chi connectivity index (χ4n) is 2.99. The van der Waals surface area contributed by atoms with Crippen LogP contribution in [0.2, 0.25) is 0 Å². The van der Waals surface area contributed by atoms with Crippen molar-refractivity contribution < 1.29 is 4.79 Å². The highest BCUT2D eigenvalue weighted by Crippen LogP contribution is 2.35. The lowest BCUT2D eigenvalue weighted by molar-refractivity contribution is 0.0415. The monoisotopic (exact) mass is 260 g/mol. The summed E-state index contributed by atoms with van der Waals surface area (Å²) in [6, 6.07) is 7.99. The standard InChI is InChI=1S/C16H24N2O/c1-5-6-11-16(4)17-14-10-8-7-9-13(14)15(19)18(16)12(2)3/h7-10,12,17H,5-6,11H2,1-4H3. The normalized spacial score (nSPS) is 22.4. The molecule has 1 heterocycles. The van der Waals surface area contributed by atoms with Crippen molar-refractivity contribution in [2.24, 2.45) is 0 Å². The molecule has 0 saturated heterocycles. The minimum Gasteiger partial charge on any atom is -0.362 e. The van der Waals surface area contributed by atoms with Crippen LogP contribution in [0.4, 0.5) is 5.69 Å². The van der Waals surface area contributed by atoms with Crippen molar-refractivity contribution in [3.05, 3.63) is 29.8 Å². The van der Waals surface area contributed by atoms with Crippen molar-refractivity contribution in [3.63, 3.8) is 0 Å². The number of rotatable bonds is 4. The molecule has 2 rings (SSSR count). The Labute approximate surface area is 116 Å². The first-order chi connectivity index (χ1) is 8.99. The minimum absolute atomic E-state index is 0.142. The lowest BCUT2D eigenvalue weighted by Gasteiger charge is -2.48. The fraction of sp³-hybridized carbons (Fsp3) is 0.562. The van der Waals surface area contributed by atoms with E-state index in [1.165, 1.54) is 0 Å². The summed E-state index contributed by atoms with van der Waals surface area (Å²) in [6.07, 6.45) is 3.23. The first-order valence-corrected chi connectivity index (χ1v) is 7.20. The van der Waals surface area contributed by atoms with Gasteiger partial charge in [-0.05, 0) is 45.7 Å². The van der Waals surface area contributed by atoms with Gasteiger partial charge < -0.3 is 10.2 Å². The molecule has 1 atom stereocenters. The number of amides is 1. The Morgan fingerprint density at radius 3 is 2.63 bits per heavy atom. The second-order valence-electron chi connectivity index (χ2n) is 5.82. The van der Waals surface area contributed by atoms with Crippen molar-refractivity contribution in [2.75, 3.05) is 5.32 Å². The van der Waals surface area contributed by atoms with Crippen LogP contribution >= 0.6 is 0 Å². The van der Waals surface area contributed by atoms with Gasteiger partial charge in [-0.15, -0.1) is 0 Å². The van der Waals surface area contributed by atoms with Crippen LogP contribution < -0.4 is 5.32 Å².